The Balaban J connectivity index is 4.46. The van der Waals surface area contributed by atoms with E-state index in [2.05, 4.69) is 36.8 Å². The summed E-state index contributed by atoms with van der Waals surface area (Å²) in [7, 11) is -4.52. The van der Waals surface area contributed by atoms with Crippen LogP contribution in [0.1, 0.15) is 0 Å². The minimum absolute atomic E-state index is 0.234. The summed E-state index contributed by atoms with van der Waals surface area (Å²) in [6.45, 7) is -8.90. The third kappa shape index (κ3) is 9.50. The fourth-order valence-corrected chi connectivity index (χ4v) is 5.45. The van der Waals surface area contributed by atoms with Gasteiger partial charge in [0.15, 0.2) is 7.57 Å². The first-order valence-electron chi connectivity index (χ1n) is 3.17. The molecule has 0 aromatic heterocycles. The van der Waals surface area contributed by atoms with Gasteiger partial charge >= 0.3 is 13.4 Å². The maximum Gasteiger partial charge on any atom is 0.364 e. The van der Waals surface area contributed by atoms with Crippen LogP contribution < -0.4 is 4.89 Å². The van der Waals surface area contributed by atoms with E-state index in [1.165, 1.54) is 0 Å². The molecule has 0 aliphatic heterocycles. The number of aliphatic hydroxyl groups is 1. The van der Waals surface area contributed by atoms with Gasteiger partial charge in [-0.3, -0.25) is 4.52 Å². The van der Waals surface area contributed by atoms with E-state index in [9.17, 15) is 9.79 Å². The van der Waals surface area contributed by atoms with Gasteiger partial charge in [-0.25, -0.2) is 4.31 Å². The van der Waals surface area contributed by atoms with Gasteiger partial charge in [-0.2, -0.15) is 4.31 Å². The van der Waals surface area contributed by atoms with Gasteiger partial charge < -0.3 is 24.7 Å². The van der Waals surface area contributed by atoms with E-state index in [4.69, 9.17) is 14.9 Å². The average Bonchev–Trinajstić information content (AvgIpc) is 1.93. The lowest BCUT2D eigenvalue weighted by atomic mass is 10.8. The van der Waals surface area contributed by atoms with Crippen LogP contribution in [0.5, 0.6) is 0 Å². The summed E-state index contributed by atoms with van der Waals surface area (Å²) >= 11 is 8.46. The second kappa shape index (κ2) is 6.59. The molecule has 0 heterocycles. The van der Waals surface area contributed by atoms with Crippen molar-refractivity contribution < 1.29 is 37.8 Å². The highest BCUT2D eigenvalue weighted by Crippen LogP contribution is 2.67. The van der Waals surface area contributed by atoms with E-state index < -0.39 is 28.8 Å². The maximum absolute atomic E-state index is 11.6. The highest BCUT2D eigenvalue weighted by molar-refractivity contribution is 8.15. The van der Waals surface area contributed by atoms with Gasteiger partial charge in [0.25, 0.3) is 0 Å². The first-order chi connectivity index (χ1) is 6.97. The number of hydrogen-bond donors (Lipinski definition) is 4. The van der Waals surface area contributed by atoms with Gasteiger partial charge in [-0.15, -0.1) is 0 Å². The van der Waals surface area contributed by atoms with E-state index >= 15 is 0 Å². The molecule has 0 saturated heterocycles. The summed E-state index contributed by atoms with van der Waals surface area (Å²) in [5.41, 5.74) is 0. The molecule has 0 radical (unpaired) electrons. The Morgan fingerprint density at radius 3 is 2.19 bits per heavy atom. The van der Waals surface area contributed by atoms with Crippen molar-refractivity contribution in [1.29, 1.82) is 0 Å². The molecule has 14 heteroatoms. The van der Waals surface area contributed by atoms with Crippen LogP contribution in [0.3, 0.4) is 0 Å². The summed E-state index contributed by atoms with van der Waals surface area (Å²) in [5.74, 6) is 0. The predicted octanol–water partition coefficient (Wildman–Crippen LogP) is -2.14. The van der Waals surface area contributed by atoms with Crippen molar-refractivity contribution in [1.82, 2.24) is 0 Å². The van der Waals surface area contributed by atoms with Crippen molar-refractivity contribution in [2.75, 3.05) is 13.2 Å². The van der Waals surface area contributed by atoms with Crippen LogP contribution in [0, 0.1) is 0 Å². The van der Waals surface area contributed by atoms with Crippen LogP contribution in [-0.2, 0) is 36.8 Å². The fourth-order valence-electron chi connectivity index (χ4n) is 0.372. The van der Waals surface area contributed by atoms with Gasteiger partial charge in [0.1, 0.15) is 6.61 Å². The van der Waals surface area contributed by atoms with Gasteiger partial charge in [0.2, 0.25) is 0 Å². The SMILES string of the molecule is [BH3-][P+]([O-])(OCCO)OP(O)(=S)OP(O)(O)=S. The lowest BCUT2D eigenvalue weighted by Crippen LogP contribution is -2.16. The van der Waals surface area contributed by atoms with Gasteiger partial charge in [0, 0.05) is 0 Å². The summed E-state index contributed by atoms with van der Waals surface area (Å²) < 4.78 is 13.4. The quantitative estimate of drug-likeness (QED) is 0.303. The minimum atomic E-state index is -4.19. The Morgan fingerprint density at radius 2 is 1.81 bits per heavy atom. The van der Waals surface area contributed by atoms with E-state index in [0.29, 0.717) is 0 Å². The van der Waals surface area contributed by atoms with Gasteiger partial charge in [-0.1, -0.05) is 0 Å². The van der Waals surface area contributed by atoms with Crippen LogP contribution >= 0.6 is 21.3 Å². The van der Waals surface area contributed by atoms with Crippen LogP contribution in [0.25, 0.3) is 0 Å². The smallest absolute Gasteiger partial charge is 0.364 e. The molecule has 8 nitrogen and oxygen atoms in total. The van der Waals surface area contributed by atoms with Crippen molar-refractivity contribution in [2.24, 2.45) is 0 Å². The lowest BCUT2D eigenvalue weighted by molar-refractivity contribution is -0.203. The Hall–Kier alpha value is 1.47. The highest BCUT2D eigenvalue weighted by atomic mass is 32.5. The topological polar surface area (TPSA) is 132 Å². The Labute approximate surface area is 104 Å². The summed E-state index contributed by atoms with van der Waals surface area (Å²) in [6, 6.07) is 0. The van der Waals surface area contributed by atoms with Crippen molar-refractivity contribution >= 4 is 52.4 Å². The molecule has 16 heavy (non-hydrogen) atoms. The minimum Gasteiger partial charge on any atom is -0.669 e. The summed E-state index contributed by atoms with van der Waals surface area (Å²) in [4.78, 5) is 38.4. The van der Waals surface area contributed by atoms with Crippen LogP contribution in [-0.4, -0.2) is 40.6 Å². The van der Waals surface area contributed by atoms with Crippen molar-refractivity contribution in [3.8, 4) is 0 Å². The van der Waals surface area contributed by atoms with Crippen LogP contribution in [0.15, 0.2) is 0 Å². The molecule has 2 atom stereocenters. The largest absolute Gasteiger partial charge is 0.669 e. The number of aliphatic hydroxyl groups excluding tert-OH is 1. The monoisotopic (exact) mass is 331 g/mol. The Bertz CT molecular complexity index is 316. The van der Waals surface area contributed by atoms with E-state index in [1.807, 2.05) is 0 Å². The van der Waals surface area contributed by atoms with E-state index in [1.54, 1.807) is 0 Å². The normalized spacial score (nSPS) is 20.1. The molecule has 0 aliphatic carbocycles. The zero-order valence-electron chi connectivity index (χ0n) is 6.99. The maximum atomic E-state index is 11.6. The molecule has 0 rings (SSSR count). The standard InChI is InChI=1S/C2H11BO8P3S2/c3-12(5,9-2-1-4)10-14(8,16)11-13(6,7)15/h4H,1-2H2,3H3,(H,8,16)(H2,6,7,15)/q-1. The molecule has 0 saturated carbocycles. The summed E-state index contributed by atoms with van der Waals surface area (Å²) in [5, 5.41) is 8.44. The molecular formula is C2H11BO8P3S2-. The molecule has 0 aliphatic rings. The van der Waals surface area contributed by atoms with Crippen LogP contribution in [0.2, 0.25) is 0 Å². The third-order valence-electron chi connectivity index (χ3n) is 0.667. The molecule has 98 valence electrons. The fraction of sp³-hybridized carbons (Fsp3) is 1.00. The highest BCUT2D eigenvalue weighted by Gasteiger charge is 2.32. The molecule has 0 fully saturated rings. The molecule has 2 unspecified atom stereocenters. The van der Waals surface area contributed by atoms with Gasteiger partial charge in [0.05, 0.1) is 14.4 Å². The number of rotatable bonds is 7. The molecule has 0 spiro atoms. The molecule has 0 aromatic rings. The zero-order valence-corrected chi connectivity index (χ0v) is 11.3. The molecule has 0 bridgehead atoms. The van der Waals surface area contributed by atoms with Crippen LogP contribution in [0.4, 0.5) is 0 Å². The summed E-state index contributed by atoms with van der Waals surface area (Å²) in [6.07, 6.45) is 0. The second-order valence-corrected chi connectivity index (χ2v) is 8.64. The van der Waals surface area contributed by atoms with Crippen molar-refractivity contribution in [3.63, 3.8) is 0 Å². The Kier molecular flexibility index (Phi) is 7.19. The molecule has 4 N–H and O–H groups in total. The molecule has 0 aromatic carbocycles. The predicted molar refractivity (Wildman–Crippen MR) is 67.3 cm³/mol. The van der Waals surface area contributed by atoms with E-state index in [-0.39, 0.29) is 13.2 Å². The first-order valence-corrected chi connectivity index (χ1v) is 9.48. The third-order valence-corrected chi connectivity index (χ3v) is 5.90. The van der Waals surface area contributed by atoms with Crippen molar-refractivity contribution in [3.05, 3.63) is 0 Å². The lowest BCUT2D eigenvalue weighted by Gasteiger charge is -2.32. The number of hydrogen-bond acceptors (Lipinski definition) is 7. The van der Waals surface area contributed by atoms with E-state index in [0.717, 1.165) is 0 Å². The molecular weight excluding hydrogens is 320 g/mol. The molecule has 0 amide bonds. The first kappa shape index (κ1) is 17.5. The second-order valence-electron chi connectivity index (χ2n) is 1.90. The average molecular weight is 331 g/mol. The Morgan fingerprint density at radius 1 is 1.31 bits per heavy atom. The van der Waals surface area contributed by atoms with Crippen molar-refractivity contribution in [2.45, 2.75) is 0 Å². The zero-order chi connectivity index (χ0) is 13.0. The van der Waals surface area contributed by atoms with Gasteiger partial charge in [-0.05, 0) is 23.6 Å².